The SMILES string of the molecule is Cc1ncsc1CCOc1ccc(CO)cc1[N+](=O)[O-]. The van der Waals surface area contributed by atoms with Crippen molar-refractivity contribution in [2.75, 3.05) is 6.61 Å². The molecule has 0 bridgehead atoms. The van der Waals surface area contributed by atoms with E-state index in [9.17, 15) is 10.1 Å². The highest BCUT2D eigenvalue weighted by atomic mass is 32.1. The lowest BCUT2D eigenvalue weighted by Crippen LogP contribution is -2.04. The molecule has 1 heterocycles. The molecule has 0 aliphatic heterocycles. The summed E-state index contributed by atoms with van der Waals surface area (Å²) in [6, 6.07) is 4.46. The number of rotatable bonds is 6. The molecule has 0 unspecified atom stereocenters. The number of aryl methyl sites for hydroxylation is 1. The number of ether oxygens (including phenoxy) is 1. The van der Waals surface area contributed by atoms with Gasteiger partial charge in [0.2, 0.25) is 0 Å². The Labute approximate surface area is 119 Å². The van der Waals surface area contributed by atoms with Crippen LogP contribution >= 0.6 is 11.3 Å². The number of hydrogen-bond donors (Lipinski definition) is 1. The molecule has 1 N–H and O–H groups in total. The first-order valence-corrected chi connectivity index (χ1v) is 6.89. The van der Waals surface area contributed by atoms with Crippen LogP contribution in [-0.2, 0) is 13.0 Å². The topological polar surface area (TPSA) is 85.5 Å². The van der Waals surface area contributed by atoms with Crippen LogP contribution < -0.4 is 4.74 Å². The van der Waals surface area contributed by atoms with E-state index in [-0.39, 0.29) is 18.0 Å². The average molecular weight is 294 g/mol. The molecule has 6 nitrogen and oxygen atoms in total. The summed E-state index contributed by atoms with van der Waals surface area (Å²) in [6.07, 6.45) is 0.662. The van der Waals surface area contributed by atoms with Crippen LogP contribution in [0.2, 0.25) is 0 Å². The van der Waals surface area contributed by atoms with Crippen molar-refractivity contribution >= 4 is 17.0 Å². The molecule has 7 heteroatoms. The quantitative estimate of drug-likeness (QED) is 0.653. The zero-order valence-electron chi connectivity index (χ0n) is 10.9. The summed E-state index contributed by atoms with van der Waals surface area (Å²) < 4.78 is 5.48. The Morgan fingerprint density at radius 3 is 2.90 bits per heavy atom. The Balaban J connectivity index is 2.05. The van der Waals surface area contributed by atoms with Crippen LogP contribution in [0.3, 0.4) is 0 Å². The van der Waals surface area contributed by atoms with Crippen LogP contribution in [0.5, 0.6) is 5.75 Å². The standard InChI is InChI=1S/C13H14N2O4S/c1-9-13(20-8-14-9)4-5-19-12-3-2-10(7-16)6-11(12)15(17)18/h2-3,6,8,16H,4-5,7H2,1H3. The highest BCUT2D eigenvalue weighted by Gasteiger charge is 2.16. The number of nitrogens with zero attached hydrogens (tertiary/aromatic N) is 2. The van der Waals surface area contributed by atoms with E-state index in [1.54, 1.807) is 22.9 Å². The molecule has 0 amide bonds. The molecule has 0 atom stereocenters. The number of nitro benzene ring substituents is 1. The van der Waals surface area contributed by atoms with Gasteiger partial charge in [0.25, 0.3) is 0 Å². The van der Waals surface area contributed by atoms with Crippen LogP contribution in [0, 0.1) is 17.0 Å². The van der Waals surface area contributed by atoms with Gasteiger partial charge in [0, 0.05) is 17.4 Å². The van der Waals surface area contributed by atoms with Crippen LogP contribution in [0.4, 0.5) is 5.69 Å². The molecule has 2 rings (SSSR count). The lowest BCUT2D eigenvalue weighted by molar-refractivity contribution is -0.386. The first kappa shape index (κ1) is 14.4. The largest absolute Gasteiger partial charge is 0.486 e. The van der Waals surface area contributed by atoms with Crippen molar-refractivity contribution in [3.63, 3.8) is 0 Å². The Morgan fingerprint density at radius 1 is 1.50 bits per heavy atom. The highest BCUT2D eigenvalue weighted by molar-refractivity contribution is 7.09. The fourth-order valence-electron chi connectivity index (χ4n) is 1.75. The zero-order chi connectivity index (χ0) is 14.5. The second-order valence-electron chi connectivity index (χ2n) is 4.18. The predicted octanol–water partition coefficient (Wildman–Crippen LogP) is 2.47. The Morgan fingerprint density at radius 2 is 2.30 bits per heavy atom. The summed E-state index contributed by atoms with van der Waals surface area (Å²) in [6.45, 7) is 2.04. The van der Waals surface area contributed by atoms with Gasteiger partial charge in [0.1, 0.15) is 0 Å². The maximum absolute atomic E-state index is 11.0. The summed E-state index contributed by atoms with van der Waals surface area (Å²) in [4.78, 5) is 15.7. The maximum atomic E-state index is 11.0. The van der Waals surface area contributed by atoms with Crippen LogP contribution in [-0.4, -0.2) is 21.6 Å². The maximum Gasteiger partial charge on any atom is 0.311 e. The normalized spacial score (nSPS) is 10.5. The molecule has 0 aliphatic rings. The minimum absolute atomic E-state index is 0.127. The molecule has 106 valence electrons. The van der Waals surface area contributed by atoms with Gasteiger partial charge in [0.15, 0.2) is 5.75 Å². The first-order valence-electron chi connectivity index (χ1n) is 6.01. The third-order valence-corrected chi connectivity index (χ3v) is 3.83. The van der Waals surface area contributed by atoms with E-state index in [1.807, 2.05) is 6.92 Å². The number of aliphatic hydroxyl groups excluding tert-OH is 1. The summed E-state index contributed by atoms with van der Waals surface area (Å²) in [5.41, 5.74) is 3.09. The van der Waals surface area contributed by atoms with Crippen LogP contribution in [0.15, 0.2) is 23.7 Å². The van der Waals surface area contributed by atoms with E-state index in [0.29, 0.717) is 18.6 Å². The molecular weight excluding hydrogens is 280 g/mol. The molecule has 2 aromatic rings. The van der Waals surface area contributed by atoms with E-state index in [2.05, 4.69) is 4.98 Å². The summed E-state index contributed by atoms with van der Waals surface area (Å²) >= 11 is 1.54. The number of aliphatic hydroxyl groups is 1. The fraction of sp³-hybridized carbons (Fsp3) is 0.308. The Hall–Kier alpha value is -1.99. The third kappa shape index (κ3) is 3.31. The van der Waals surface area contributed by atoms with Gasteiger partial charge < -0.3 is 9.84 Å². The molecule has 0 spiro atoms. The second kappa shape index (κ2) is 6.44. The molecule has 20 heavy (non-hydrogen) atoms. The van der Waals surface area contributed by atoms with Crippen molar-refractivity contribution in [3.8, 4) is 5.75 Å². The fourth-order valence-corrected chi connectivity index (χ4v) is 2.51. The van der Waals surface area contributed by atoms with E-state index >= 15 is 0 Å². The monoisotopic (exact) mass is 294 g/mol. The number of aromatic nitrogens is 1. The average Bonchev–Trinajstić information content (AvgIpc) is 2.84. The molecule has 1 aromatic heterocycles. The lowest BCUT2D eigenvalue weighted by atomic mass is 10.2. The van der Waals surface area contributed by atoms with E-state index < -0.39 is 4.92 Å². The molecule has 1 aromatic carbocycles. The molecule has 0 saturated heterocycles. The molecule has 0 radical (unpaired) electrons. The van der Waals surface area contributed by atoms with Gasteiger partial charge >= 0.3 is 5.69 Å². The van der Waals surface area contributed by atoms with Gasteiger partial charge in [-0.05, 0) is 18.6 Å². The van der Waals surface area contributed by atoms with E-state index in [1.165, 1.54) is 12.1 Å². The van der Waals surface area contributed by atoms with Gasteiger partial charge in [-0.25, -0.2) is 4.98 Å². The van der Waals surface area contributed by atoms with Crippen molar-refractivity contribution in [3.05, 3.63) is 50.0 Å². The number of hydrogen-bond acceptors (Lipinski definition) is 6. The molecule has 0 fully saturated rings. The third-order valence-electron chi connectivity index (χ3n) is 2.83. The summed E-state index contributed by atoms with van der Waals surface area (Å²) in [7, 11) is 0. The van der Waals surface area contributed by atoms with Gasteiger partial charge in [-0.3, -0.25) is 10.1 Å². The van der Waals surface area contributed by atoms with Crippen molar-refractivity contribution in [1.29, 1.82) is 0 Å². The van der Waals surface area contributed by atoms with Gasteiger partial charge in [0.05, 0.1) is 29.3 Å². The minimum Gasteiger partial charge on any atom is -0.486 e. The second-order valence-corrected chi connectivity index (χ2v) is 5.12. The van der Waals surface area contributed by atoms with Crippen LogP contribution in [0.25, 0.3) is 0 Å². The minimum atomic E-state index is -0.507. The predicted molar refractivity (Wildman–Crippen MR) is 75.1 cm³/mol. The van der Waals surface area contributed by atoms with Crippen molar-refractivity contribution in [1.82, 2.24) is 4.98 Å². The Bertz CT molecular complexity index is 612. The van der Waals surface area contributed by atoms with Gasteiger partial charge in [-0.2, -0.15) is 0 Å². The molecular formula is C13H14N2O4S. The first-order chi connectivity index (χ1) is 9.61. The zero-order valence-corrected chi connectivity index (χ0v) is 11.7. The van der Waals surface area contributed by atoms with Crippen molar-refractivity contribution in [2.45, 2.75) is 20.0 Å². The van der Waals surface area contributed by atoms with Crippen LogP contribution in [0.1, 0.15) is 16.1 Å². The highest BCUT2D eigenvalue weighted by Crippen LogP contribution is 2.28. The number of nitro groups is 1. The Kier molecular flexibility index (Phi) is 4.65. The number of thiazole rings is 1. The van der Waals surface area contributed by atoms with Crippen molar-refractivity contribution < 1.29 is 14.8 Å². The van der Waals surface area contributed by atoms with E-state index in [0.717, 1.165) is 10.6 Å². The summed E-state index contributed by atoms with van der Waals surface area (Å²) in [5, 5.41) is 20.0. The smallest absolute Gasteiger partial charge is 0.311 e. The lowest BCUT2D eigenvalue weighted by Gasteiger charge is -2.07. The van der Waals surface area contributed by atoms with E-state index in [4.69, 9.17) is 9.84 Å². The van der Waals surface area contributed by atoms with Crippen molar-refractivity contribution in [2.24, 2.45) is 0 Å². The number of benzene rings is 1. The molecule has 0 saturated carbocycles. The van der Waals surface area contributed by atoms with Gasteiger partial charge in [-0.15, -0.1) is 11.3 Å². The summed E-state index contributed by atoms with van der Waals surface area (Å²) in [5.74, 6) is 0.217. The van der Waals surface area contributed by atoms with Gasteiger partial charge in [-0.1, -0.05) is 6.07 Å². The molecule has 0 aliphatic carbocycles.